The van der Waals surface area contributed by atoms with E-state index in [1.807, 2.05) is 29.8 Å². The van der Waals surface area contributed by atoms with Gasteiger partial charge in [-0.1, -0.05) is 35.9 Å². The maximum Gasteiger partial charge on any atom is 0.295 e. The molecule has 0 bridgehead atoms. The molecule has 30 heavy (non-hydrogen) atoms. The van der Waals surface area contributed by atoms with Gasteiger partial charge in [-0.15, -0.1) is 0 Å². The van der Waals surface area contributed by atoms with Crippen LogP contribution >= 0.6 is 0 Å². The van der Waals surface area contributed by atoms with Gasteiger partial charge in [0.2, 0.25) is 0 Å². The minimum atomic E-state index is -0.727. The van der Waals surface area contributed by atoms with Crippen molar-refractivity contribution in [2.75, 3.05) is 6.54 Å². The molecule has 1 atom stereocenters. The number of imidazole rings is 1. The predicted octanol–water partition coefficient (Wildman–Crippen LogP) is 3.10. The van der Waals surface area contributed by atoms with Crippen LogP contribution in [0.3, 0.4) is 0 Å². The van der Waals surface area contributed by atoms with Gasteiger partial charge in [-0.2, -0.15) is 0 Å². The van der Waals surface area contributed by atoms with Gasteiger partial charge < -0.3 is 14.6 Å². The van der Waals surface area contributed by atoms with Crippen molar-refractivity contribution in [3.63, 3.8) is 0 Å². The number of benzene rings is 1. The molecule has 1 N–H and O–H groups in total. The number of hydrogen-bond acceptors (Lipinski definition) is 5. The standard InChI is InChI=1S/C23H22N4O3/c1-16-6-8-17(9-7-16)21(28)19-20(18-5-2-3-10-25-18)27(23(30)22(19)29)13-4-12-26-14-11-24-15-26/h2-3,5-11,14-15,20,28H,4,12-13H2,1H3/b21-19+. The molecular formula is C23H22N4O3. The molecule has 0 saturated carbocycles. The number of Topliss-reactive ketones (excluding diaryl/α,β-unsaturated/α-hetero) is 1. The van der Waals surface area contributed by atoms with E-state index in [2.05, 4.69) is 9.97 Å². The first-order chi connectivity index (χ1) is 14.6. The fourth-order valence-corrected chi connectivity index (χ4v) is 3.67. The number of aliphatic hydroxyl groups is 1. The van der Waals surface area contributed by atoms with E-state index in [4.69, 9.17) is 0 Å². The van der Waals surface area contributed by atoms with Crippen molar-refractivity contribution in [3.05, 3.63) is 89.8 Å². The minimum Gasteiger partial charge on any atom is -0.507 e. The van der Waals surface area contributed by atoms with Gasteiger partial charge in [-0.05, 0) is 25.5 Å². The van der Waals surface area contributed by atoms with Crippen molar-refractivity contribution in [3.8, 4) is 0 Å². The molecule has 0 aliphatic carbocycles. The van der Waals surface area contributed by atoms with Gasteiger partial charge in [0, 0.05) is 37.2 Å². The lowest BCUT2D eigenvalue weighted by atomic mass is 9.98. The normalized spacial score (nSPS) is 18.2. The summed E-state index contributed by atoms with van der Waals surface area (Å²) >= 11 is 0. The number of likely N-dealkylation sites (tertiary alicyclic amines) is 1. The molecule has 4 rings (SSSR count). The van der Waals surface area contributed by atoms with Crippen LogP contribution in [-0.2, 0) is 16.1 Å². The Morgan fingerprint density at radius 2 is 1.87 bits per heavy atom. The number of amides is 1. The molecule has 1 fully saturated rings. The second-order valence-electron chi connectivity index (χ2n) is 7.27. The van der Waals surface area contributed by atoms with Crippen LogP contribution in [0, 0.1) is 6.92 Å². The van der Waals surface area contributed by atoms with Crippen molar-refractivity contribution in [1.82, 2.24) is 19.4 Å². The van der Waals surface area contributed by atoms with Crippen molar-refractivity contribution in [2.24, 2.45) is 0 Å². The van der Waals surface area contributed by atoms with Gasteiger partial charge in [0.05, 0.1) is 17.6 Å². The summed E-state index contributed by atoms with van der Waals surface area (Å²) in [5, 5.41) is 11.0. The zero-order valence-electron chi connectivity index (χ0n) is 16.6. The van der Waals surface area contributed by atoms with Gasteiger partial charge in [-0.3, -0.25) is 14.6 Å². The zero-order chi connectivity index (χ0) is 21.1. The Morgan fingerprint density at radius 1 is 1.07 bits per heavy atom. The van der Waals surface area contributed by atoms with Crippen LogP contribution in [0.4, 0.5) is 0 Å². The fraction of sp³-hybridized carbons (Fsp3) is 0.217. The Balaban J connectivity index is 1.71. The first-order valence-corrected chi connectivity index (χ1v) is 9.78. The topological polar surface area (TPSA) is 88.3 Å². The number of carbonyl (C=O) groups is 2. The van der Waals surface area contributed by atoms with Crippen LogP contribution in [0.2, 0.25) is 0 Å². The smallest absolute Gasteiger partial charge is 0.295 e. The first-order valence-electron chi connectivity index (χ1n) is 9.78. The summed E-state index contributed by atoms with van der Waals surface area (Å²) < 4.78 is 1.92. The summed E-state index contributed by atoms with van der Waals surface area (Å²) in [5.41, 5.74) is 2.16. The second-order valence-corrected chi connectivity index (χ2v) is 7.27. The van der Waals surface area contributed by atoms with Gasteiger partial charge in [0.25, 0.3) is 11.7 Å². The van der Waals surface area contributed by atoms with Crippen LogP contribution < -0.4 is 0 Å². The molecular weight excluding hydrogens is 380 g/mol. The van der Waals surface area contributed by atoms with Crippen LogP contribution in [0.25, 0.3) is 5.76 Å². The number of aryl methyl sites for hydroxylation is 2. The maximum absolute atomic E-state index is 12.9. The molecule has 7 heteroatoms. The third-order valence-corrected chi connectivity index (χ3v) is 5.21. The van der Waals surface area contributed by atoms with Crippen molar-refractivity contribution < 1.29 is 14.7 Å². The summed E-state index contributed by atoms with van der Waals surface area (Å²) in [6.45, 7) is 2.96. The lowest BCUT2D eigenvalue weighted by Crippen LogP contribution is -2.31. The second kappa shape index (κ2) is 8.32. The highest BCUT2D eigenvalue weighted by atomic mass is 16.3. The number of hydrogen-bond donors (Lipinski definition) is 1. The monoisotopic (exact) mass is 402 g/mol. The predicted molar refractivity (Wildman–Crippen MR) is 111 cm³/mol. The Hall–Kier alpha value is -3.74. The molecule has 3 aromatic rings. The Kier molecular flexibility index (Phi) is 5.43. The molecule has 1 aliphatic heterocycles. The molecule has 1 saturated heterocycles. The molecule has 152 valence electrons. The molecule has 1 aliphatic rings. The van der Waals surface area contributed by atoms with E-state index in [-0.39, 0.29) is 11.3 Å². The number of nitrogens with zero attached hydrogens (tertiary/aromatic N) is 4. The number of pyridine rings is 1. The molecule has 1 unspecified atom stereocenters. The van der Waals surface area contributed by atoms with E-state index >= 15 is 0 Å². The van der Waals surface area contributed by atoms with Gasteiger partial charge >= 0.3 is 0 Å². The molecule has 0 spiro atoms. The number of aromatic nitrogens is 3. The highest BCUT2D eigenvalue weighted by Crippen LogP contribution is 2.38. The van der Waals surface area contributed by atoms with E-state index in [0.29, 0.717) is 30.8 Å². The molecule has 2 aromatic heterocycles. The van der Waals surface area contributed by atoms with Crippen molar-refractivity contribution in [2.45, 2.75) is 25.9 Å². The van der Waals surface area contributed by atoms with Crippen LogP contribution in [-0.4, -0.2) is 42.8 Å². The van der Waals surface area contributed by atoms with E-state index in [1.54, 1.807) is 49.1 Å². The van der Waals surface area contributed by atoms with Gasteiger partial charge in [-0.25, -0.2) is 4.98 Å². The van der Waals surface area contributed by atoms with Gasteiger partial charge in [0.1, 0.15) is 11.8 Å². The van der Waals surface area contributed by atoms with Crippen LogP contribution in [0.1, 0.15) is 29.3 Å². The number of aliphatic hydroxyl groups excluding tert-OH is 1. The van der Waals surface area contributed by atoms with E-state index in [1.165, 1.54) is 4.90 Å². The summed E-state index contributed by atoms with van der Waals surface area (Å²) in [7, 11) is 0. The quantitative estimate of drug-likeness (QED) is 0.389. The fourth-order valence-electron chi connectivity index (χ4n) is 3.67. The summed E-state index contributed by atoms with van der Waals surface area (Å²) in [6, 6.07) is 11.8. The lowest BCUT2D eigenvalue weighted by Gasteiger charge is -2.24. The molecule has 1 amide bonds. The number of ketones is 1. The third-order valence-electron chi connectivity index (χ3n) is 5.21. The molecule has 3 heterocycles. The maximum atomic E-state index is 12.9. The largest absolute Gasteiger partial charge is 0.507 e. The van der Waals surface area contributed by atoms with Crippen LogP contribution in [0.5, 0.6) is 0 Å². The SMILES string of the molecule is Cc1ccc(/C(O)=C2\C(=O)C(=O)N(CCCn3ccnc3)C2c2ccccn2)cc1. The zero-order valence-corrected chi connectivity index (χ0v) is 16.6. The molecule has 0 radical (unpaired) electrons. The summed E-state index contributed by atoms with van der Waals surface area (Å²) in [6.07, 6.45) is 7.51. The molecule has 1 aromatic carbocycles. The van der Waals surface area contributed by atoms with Crippen LogP contribution in [0.15, 0.2) is 73.0 Å². The average molecular weight is 402 g/mol. The first kappa shape index (κ1) is 19.6. The Labute approximate surface area is 174 Å². The van der Waals surface area contributed by atoms with E-state index in [9.17, 15) is 14.7 Å². The summed E-state index contributed by atoms with van der Waals surface area (Å²) in [5.74, 6) is -1.49. The van der Waals surface area contributed by atoms with E-state index in [0.717, 1.165) is 5.56 Å². The Bertz CT molecular complexity index is 1070. The van der Waals surface area contributed by atoms with Crippen molar-refractivity contribution in [1.29, 1.82) is 0 Å². The van der Waals surface area contributed by atoms with Gasteiger partial charge in [0.15, 0.2) is 0 Å². The average Bonchev–Trinajstić information content (AvgIpc) is 3.37. The number of rotatable bonds is 6. The number of carbonyl (C=O) groups excluding carboxylic acids is 2. The third kappa shape index (κ3) is 3.74. The molecule has 7 nitrogen and oxygen atoms in total. The highest BCUT2D eigenvalue weighted by molar-refractivity contribution is 6.46. The minimum absolute atomic E-state index is 0.0742. The highest BCUT2D eigenvalue weighted by Gasteiger charge is 2.46. The lowest BCUT2D eigenvalue weighted by molar-refractivity contribution is -0.140. The van der Waals surface area contributed by atoms with E-state index < -0.39 is 17.7 Å². The Morgan fingerprint density at radius 3 is 2.53 bits per heavy atom. The summed E-state index contributed by atoms with van der Waals surface area (Å²) in [4.78, 5) is 35.7. The van der Waals surface area contributed by atoms with Crippen molar-refractivity contribution >= 4 is 17.4 Å².